The van der Waals surface area contributed by atoms with Crippen molar-refractivity contribution in [2.45, 2.75) is 20.3 Å². The summed E-state index contributed by atoms with van der Waals surface area (Å²) >= 11 is 0. The molecule has 0 aliphatic rings. The smallest absolute Gasteiger partial charge is 0.161 e. The first kappa shape index (κ1) is 12.4. The number of nitrogens with two attached hydrogens (primary N) is 1. The van der Waals surface area contributed by atoms with Crippen LogP contribution in [0.3, 0.4) is 0 Å². The highest BCUT2D eigenvalue weighted by Gasteiger charge is 2.09. The van der Waals surface area contributed by atoms with Crippen LogP contribution in [0.15, 0.2) is 24.3 Å². The summed E-state index contributed by atoms with van der Waals surface area (Å²) in [5.41, 5.74) is 8.78. The molecule has 2 rings (SSSR count). The maximum atomic E-state index is 5.92. The quantitative estimate of drug-likeness (QED) is 0.900. The molecule has 0 radical (unpaired) electrons. The fourth-order valence-electron chi connectivity index (χ4n) is 1.82. The van der Waals surface area contributed by atoms with Crippen LogP contribution in [-0.2, 0) is 6.42 Å². The molecule has 0 aliphatic carbocycles. The van der Waals surface area contributed by atoms with Crippen molar-refractivity contribution in [3.8, 4) is 17.1 Å². The molecule has 2 aromatic rings. The molecule has 4 heteroatoms. The molecule has 1 aromatic carbocycles. The van der Waals surface area contributed by atoms with Gasteiger partial charge in [0.2, 0.25) is 0 Å². The molecule has 94 valence electrons. The zero-order chi connectivity index (χ0) is 13.1. The van der Waals surface area contributed by atoms with Crippen LogP contribution in [0.2, 0.25) is 0 Å². The summed E-state index contributed by atoms with van der Waals surface area (Å²) in [4.78, 5) is 8.89. The van der Waals surface area contributed by atoms with Gasteiger partial charge in [0.1, 0.15) is 11.6 Å². The Morgan fingerprint density at radius 1 is 1.28 bits per heavy atom. The zero-order valence-electron chi connectivity index (χ0n) is 10.9. The zero-order valence-corrected chi connectivity index (χ0v) is 10.9. The minimum atomic E-state index is 0.541. The molecule has 0 amide bonds. The molecule has 0 saturated heterocycles. The number of hydrogen-bond donors (Lipinski definition) is 1. The van der Waals surface area contributed by atoms with Crippen LogP contribution in [0.4, 0.5) is 5.82 Å². The summed E-state index contributed by atoms with van der Waals surface area (Å²) < 4.78 is 5.20. The van der Waals surface area contributed by atoms with Gasteiger partial charge in [-0.15, -0.1) is 0 Å². The third kappa shape index (κ3) is 2.27. The molecule has 0 bridgehead atoms. The van der Waals surface area contributed by atoms with E-state index in [0.717, 1.165) is 29.0 Å². The first-order chi connectivity index (χ1) is 8.65. The van der Waals surface area contributed by atoms with Gasteiger partial charge in [-0.05, 0) is 25.5 Å². The van der Waals surface area contributed by atoms with Crippen molar-refractivity contribution in [3.05, 3.63) is 35.5 Å². The second-order valence-corrected chi connectivity index (χ2v) is 4.09. The third-order valence-corrected chi connectivity index (χ3v) is 2.95. The van der Waals surface area contributed by atoms with Crippen LogP contribution >= 0.6 is 0 Å². The van der Waals surface area contributed by atoms with Gasteiger partial charge in [-0.1, -0.05) is 19.1 Å². The second kappa shape index (κ2) is 5.04. The van der Waals surface area contributed by atoms with Crippen molar-refractivity contribution < 1.29 is 4.74 Å². The number of anilines is 1. The Hall–Kier alpha value is -2.10. The maximum absolute atomic E-state index is 5.92. The van der Waals surface area contributed by atoms with Gasteiger partial charge >= 0.3 is 0 Å². The van der Waals surface area contributed by atoms with E-state index >= 15 is 0 Å². The highest BCUT2D eigenvalue weighted by atomic mass is 16.5. The summed E-state index contributed by atoms with van der Waals surface area (Å²) in [6.45, 7) is 4.01. The largest absolute Gasteiger partial charge is 0.497 e. The van der Waals surface area contributed by atoms with Crippen LogP contribution in [-0.4, -0.2) is 17.1 Å². The fourth-order valence-corrected chi connectivity index (χ4v) is 1.82. The normalized spacial score (nSPS) is 10.4. The Balaban J connectivity index is 2.53. The number of benzene rings is 1. The average molecular weight is 243 g/mol. The van der Waals surface area contributed by atoms with E-state index in [0.29, 0.717) is 11.6 Å². The van der Waals surface area contributed by atoms with Crippen molar-refractivity contribution in [2.75, 3.05) is 12.8 Å². The molecular weight excluding hydrogens is 226 g/mol. The number of ether oxygens (including phenoxy) is 1. The standard InChI is InChI=1S/C14H17N3O/c1-4-12-9(2)13(15)17-14(16-12)10-6-5-7-11(8-10)18-3/h5-8H,4H2,1-3H3,(H2,15,16,17). The molecule has 4 nitrogen and oxygen atoms in total. The van der Waals surface area contributed by atoms with Crippen LogP contribution in [0.25, 0.3) is 11.4 Å². The van der Waals surface area contributed by atoms with Crippen LogP contribution in [0, 0.1) is 6.92 Å². The molecule has 0 saturated carbocycles. The predicted molar refractivity (Wildman–Crippen MR) is 72.5 cm³/mol. The monoisotopic (exact) mass is 243 g/mol. The van der Waals surface area contributed by atoms with Gasteiger partial charge in [0.15, 0.2) is 5.82 Å². The van der Waals surface area contributed by atoms with E-state index in [4.69, 9.17) is 10.5 Å². The Labute approximate surface area is 107 Å². The first-order valence-corrected chi connectivity index (χ1v) is 5.93. The summed E-state index contributed by atoms with van der Waals surface area (Å²) in [5, 5.41) is 0. The minimum absolute atomic E-state index is 0.541. The van der Waals surface area contributed by atoms with Gasteiger partial charge in [0.05, 0.1) is 7.11 Å². The van der Waals surface area contributed by atoms with Gasteiger partial charge in [0.25, 0.3) is 0 Å². The van der Waals surface area contributed by atoms with Gasteiger partial charge in [-0.25, -0.2) is 9.97 Å². The van der Waals surface area contributed by atoms with E-state index in [-0.39, 0.29) is 0 Å². The summed E-state index contributed by atoms with van der Waals surface area (Å²) in [6.07, 6.45) is 0.843. The predicted octanol–water partition coefficient (Wildman–Crippen LogP) is 2.61. The highest BCUT2D eigenvalue weighted by molar-refractivity contribution is 5.60. The van der Waals surface area contributed by atoms with E-state index in [1.165, 1.54) is 0 Å². The van der Waals surface area contributed by atoms with Crippen molar-refractivity contribution in [1.82, 2.24) is 9.97 Å². The average Bonchev–Trinajstić information content (AvgIpc) is 2.41. The van der Waals surface area contributed by atoms with Crippen molar-refractivity contribution in [3.63, 3.8) is 0 Å². The molecule has 1 aromatic heterocycles. The van der Waals surface area contributed by atoms with Crippen molar-refractivity contribution in [2.24, 2.45) is 0 Å². The van der Waals surface area contributed by atoms with E-state index in [9.17, 15) is 0 Å². The van der Waals surface area contributed by atoms with E-state index in [1.54, 1.807) is 7.11 Å². The molecule has 0 unspecified atom stereocenters. The number of hydrogen-bond acceptors (Lipinski definition) is 4. The molecule has 0 atom stereocenters. The lowest BCUT2D eigenvalue weighted by Crippen LogP contribution is -2.04. The number of nitrogens with zero attached hydrogens (tertiary/aromatic N) is 2. The molecule has 18 heavy (non-hydrogen) atoms. The molecule has 0 fully saturated rings. The number of rotatable bonds is 3. The maximum Gasteiger partial charge on any atom is 0.161 e. The lowest BCUT2D eigenvalue weighted by molar-refractivity contribution is 0.415. The first-order valence-electron chi connectivity index (χ1n) is 5.93. The van der Waals surface area contributed by atoms with E-state index in [1.807, 2.05) is 31.2 Å². The topological polar surface area (TPSA) is 61.0 Å². The highest BCUT2D eigenvalue weighted by Crippen LogP contribution is 2.23. The van der Waals surface area contributed by atoms with Crippen LogP contribution in [0.5, 0.6) is 5.75 Å². The summed E-state index contributed by atoms with van der Waals surface area (Å²) in [7, 11) is 1.64. The van der Waals surface area contributed by atoms with Gasteiger partial charge < -0.3 is 10.5 Å². The fraction of sp³-hybridized carbons (Fsp3) is 0.286. The molecule has 2 N–H and O–H groups in total. The molecule has 0 spiro atoms. The van der Waals surface area contributed by atoms with Crippen LogP contribution < -0.4 is 10.5 Å². The minimum Gasteiger partial charge on any atom is -0.497 e. The number of aromatic nitrogens is 2. The Kier molecular flexibility index (Phi) is 3.46. The van der Waals surface area contributed by atoms with Crippen molar-refractivity contribution >= 4 is 5.82 Å². The lowest BCUT2D eigenvalue weighted by Gasteiger charge is -2.09. The third-order valence-electron chi connectivity index (χ3n) is 2.95. The number of nitrogen functional groups attached to an aromatic ring is 1. The Morgan fingerprint density at radius 3 is 2.72 bits per heavy atom. The number of aryl methyl sites for hydroxylation is 1. The second-order valence-electron chi connectivity index (χ2n) is 4.09. The van der Waals surface area contributed by atoms with Gasteiger partial charge in [-0.2, -0.15) is 0 Å². The molecule has 1 heterocycles. The van der Waals surface area contributed by atoms with Gasteiger partial charge in [0, 0.05) is 16.8 Å². The summed E-state index contributed by atoms with van der Waals surface area (Å²) in [5.74, 6) is 1.97. The number of methoxy groups -OCH3 is 1. The summed E-state index contributed by atoms with van der Waals surface area (Å²) in [6, 6.07) is 7.66. The lowest BCUT2D eigenvalue weighted by atomic mass is 10.1. The van der Waals surface area contributed by atoms with E-state index in [2.05, 4.69) is 16.9 Å². The van der Waals surface area contributed by atoms with E-state index < -0.39 is 0 Å². The molecule has 0 aliphatic heterocycles. The Morgan fingerprint density at radius 2 is 2.06 bits per heavy atom. The molecular formula is C14H17N3O. The Bertz CT molecular complexity index is 567. The van der Waals surface area contributed by atoms with Crippen molar-refractivity contribution in [1.29, 1.82) is 0 Å². The van der Waals surface area contributed by atoms with Crippen LogP contribution in [0.1, 0.15) is 18.2 Å². The SMILES string of the molecule is CCc1nc(-c2cccc(OC)c2)nc(N)c1C. The van der Waals surface area contributed by atoms with Gasteiger partial charge in [-0.3, -0.25) is 0 Å².